The van der Waals surface area contributed by atoms with Crippen LogP contribution in [0.5, 0.6) is 5.75 Å². The van der Waals surface area contributed by atoms with Crippen molar-refractivity contribution < 1.29 is 18.7 Å². The monoisotopic (exact) mass is 336 g/mol. The number of carbonyl (C=O) groups excluding carboxylic acids is 2. The molecule has 0 bridgehead atoms. The Labute approximate surface area is 142 Å². The van der Waals surface area contributed by atoms with Crippen molar-refractivity contribution in [2.45, 2.75) is 32.6 Å². The van der Waals surface area contributed by atoms with Crippen LogP contribution in [0, 0.1) is 17.7 Å². The Morgan fingerprint density at radius 1 is 1.33 bits per heavy atom. The van der Waals surface area contributed by atoms with Gasteiger partial charge < -0.3 is 15.0 Å². The van der Waals surface area contributed by atoms with Crippen LogP contribution in [0.4, 0.5) is 10.1 Å². The van der Waals surface area contributed by atoms with Crippen molar-refractivity contribution in [3.05, 3.63) is 24.0 Å². The molecule has 5 nitrogen and oxygen atoms in total. The number of hydrogen-bond acceptors (Lipinski definition) is 3. The first-order valence-corrected chi connectivity index (χ1v) is 8.30. The topological polar surface area (TPSA) is 58.6 Å². The number of nitrogens with zero attached hydrogens (tertiary/aromatic N) is 1. The summed E-state index contributed by atoms with van der Waals surface area (Å²) in [6.07, 6.45) is 3.89. The molecule has 0 aromatic heterocycles. The van der Waals surface area contributed by atoms with Crippen molar-refractivity contribution in [3.8, 4) is 5.75 Å². The number of halogens is 1. The minimum Gasteiger partial charge on any atom is -0.484 e. The summed E-state index contributed by atoms with van der Waals surface area (Å²) in [4.78, 5) is 25.1. The third kappa shape index (κ3) is 4.94. The number of rotatable bonds is 5. The van der Waals surface area contributed by atoms with Crippen LogP contribution in [-0.4, -0.2) is 37.4 Å². The molecule has 0 saturated heterocycles. The zero-order chi connectivity index (χ0) is 17.7. The number of carbonyl (C=O) groups is 2. The molecule has 1 aromatic carbocycles. The molecule has 2 rings (SSSR count). The van der Waals surface area contributed by atoms with Gasteiger partial charge in [-0.05, 0) is 30.9 Å². The SMILES string of the molecule is C[C@H]1CCC[C@@H](C(=O)Nc2ccc(OCC(=O)N(C)C)cc2F)C1. The van der Waals surface area contributed by atoms with Crippen molar-refractivity contribution in [2.24, 2.45) is 11.8 Å². The average Bonchev–Trinajstić information content (AvgIpc) is 2.54. The van der Waals surface area contributed by atoms with Crippen LogP contribution in [0.1, 0.15) is 32.6 Å². The molecular formula is C18H25FN2O3. The van der Waals surface area contributed by atoms with E-state index >= 15 is 0 Å². The fourth-order valence-corrected chi connectivity index (χ4v) is 2.87. The lowest BCUT2D eigenvalue weighted by Crippen LogP contribution is -2.28. The van der Waals surface area contributed by atoms with Gasteiger partial charge in [0.1, 0.15) is 11.6 Å². The predicted molar refractivity (Wildman–Crippen MR) is 90.3 cm³/mol. The van der Waals surface area contributed by atoms with Crippen molar-refractivity contribution in [1.29, 1.82) is 0 Å². The highest BCUT2D eigenvalue weighted by Gasteiger charge is 2.25. The number of ether oxygens (including phenoxy) is 1. The third-order valence-electron chi connectivity index (χ3n) is 4.37. The van der Waals surface area contributed by atoms with Gasteiger partial charge in [-0.15, -0.1) is 0 Å². The summed E-state index contributed by atoms with van der Waals surface area (Å²) in [5.41, 5.74) is 0.143. The van der Waals surface area contributed by atoms with Gasteiger partial charge in [-0.3, -0.25) is 9.59 Å². The zero-order valence-electron chi connectivity index (χ0n) is 14.5. The fourth-order valence-electron chi connectivity index (χ4n) is 2.87. The lowest BCUT2D eigenvalue weighted by molar-refractivity contribution is -0.130. The Bertz CT molecular complexity index is 604. The second-order valence-corrected chi connectivity index (χ2v) is 6.68. The van der Waals surface area contributed by atoms with E-state index in [0.717, 1.165) is 25.7 Å². The van der Waals surface area contributed by atoms with Gasteiger partial charge in [-0.2, -0.15) is 0 Å². The Hall–Kier alpha value is -2.11. The zero-order valence-corrected chi connectivity index (χ0v) is 14.5. The second kappa shape index (κ2) is 8.13. The molecule has 1 aliphatic carbocycles. The Balaban J connectivity index is 1.94. The maximum absolute atomic E-state index is 14.1. The number of likely N-dealkylation sites (N-methyl/N-ethyl adjacent to an activating group) is 1. The Morgan fingerprint density at radius 3 is 2.71 bits per heavy atom. The number of benzene rings is 1. The van der Waals surface area contributed by atoms with Crippen LogP contribution in [0.3, 0.4) is 0 Å². The van der Waals surface area contributed by atoms with Crippen molar-refractivity contribution in [3.63, 3.8) is 0 Å². The van der Waals surface area contributed by atoms with Gasteiger partial charge in [-0.25, -0.2) is 4.39 Å². The molecule has 0 heterocycles. The molecule has 24 heavy (non-hydrogen) atoms. The van der Waals surface area contributed by atoms with E-state index in [1.807, 2.05) is 0 Å². The molecule has 0 radical (unpaired) electrons. The quantitative estimate of drug-likeness (QED) is 0.899. The Morgan fingerprint density at radius 2 is 2.08 bits per heavy atom. The maximum Gasteiger partial charge on any atom is 0.259 e. The standard InChI is InChI=1S/C18H25FN2O3/c1-12-5-4-6-13(9-12)18(23)20-16-8-7-14(10-15(16)19)24-11-17(22)21(2)3/h7-8,10,12-13H,4-6,9,11H2,1-3H3,(H,20,23)/t12-,13+/m0/s1. The number of nitrogens with one attached hydrogen (secondary N) is 1. The van der Waals surface area contributed by atoms with Crippen molar-refractivity contribution >= 4 is 17.5 Å². The molecule has 2 atom stereocenters. The highest BCUT2D eigenvalue weighted by Crippen LogP contribution is 2.30. The summed E-state index contributed by atoms with van der Waals surface area (Å²) in [5.74, 6) is -0.170. The minimum atomic E-state index is -0.568. The van der Waals surface area contributed by atoms with Gasteiger partial charge in [0.25, 0.3) is 5.91 Å². The summed E-state index contributed by atoms with van der Waals surface area (Å²) in [5, 5.41) is 2.67. The van der Waals surface area contributed by atoms with Crippen LogP contribution in [0.15, 0.2) is 18.2 Å². The van der Waals surface area contributed by atoms with Crippen molar-refractivity contribution in [2.75, 3.05) is 26.0 Å². The minimum absolute atomic E-state index is 0.0539. The van der Waals surface area contributed by atoms with E-state index in [2.05, 4.69) is 12.2 Å². The Kier molecular flexibility index (Phi) is 6.17. The highest BCUT2D eigenvalue weighted by atomic mass is 19.1. The van der Waals surface area contributed by atoms with Crippen LogP contribution < -0.4 is 10.1 Å². The summed E-state index contributed by atoms with van der Waals surface area (Å²) < 4.78 is 19.4. The van der Waals surface area contributed by atoms with Gasteiger partial charge in [0.15, 0.2) is 6.61 Å². The van der Waals surface area contributed by atoms with Crippen LogP contribution in [0.25, 0.3) is 0 Å². The van der Waals surface area contributed by atoms with Gasteiger partial charge >= 0.3 is 0 Å². The largest absolute Gasteiger partial charge is 0.484 e. The van der Waals surface area contributed by atoms with Gasteiger partial charge in [0.05, 0.1) is 5.69 Å². The predicted octanol–water partition coefficient (Wildman–Crippen LogP) is 3.06. The summed E-state index contributed by atoms with van der Waals surface area (Å²) in [7, 11) is 3.24. The van der Waals surface area contributed by atoms with E-state index < -0.39 is 5.82 Å². The average molecular weight is 336 g/mol. The number of hydrogen-bond donors (Lipinski definition) is 1. The summed E-state index contributed by atoms with van der Waals surface area (Å²) >= 11 is 0. The smallest absolute Gasteiger partial charge is 0.259 e. The van der Waals surface area contributed by atoms with E-state index in [1.165, 1.54) is 17.0 Å². The molecule has 1 saturated carbocycles. The van der Waals surface area contributed by atoms with E-state index in [4.69, 9.17) is 4.74 Å². The maximum atomic E-state index is 14.1. The molecule has 132 valence electrons. The highest BCUT2D eigenvalue weighted by molar-refractivity contribution is 5.92. The molecule has 1 N–H and O–H groups in total. The molecule has 2 amide bonds. The van der Waals surface area contributed by atoms with E-state index in [1.54, 1.807) is 20.2 Å². The number of amides is 2. The molecular weight excluding hydrogens is 311 g/mol. The second-order valence-electron chi connectivity index (χ2n) is 6.68. The van der Waals surface area contributed by atoms with E-state index in [-0.39, 0.29) is 35.8 Å². The van der Waals surface area contributed by atoms with Crippen molar-refractivity contribution in [1.82, 2.24) is 4.90 Å². The van der Waals surface area contributed by atoms with Crippen LogP contribution in [0.2, 0.25) is 0 Å². The van der Waals surface area contributed by atoms with E-state index in [0.29, 0.717) is 5.92 Å². The lowest BCUT2D eigenvalue weighted by atomic mass is 9.82. The molecule has 1 aromatic rings. The lowest BCUT2D eigenvalue weighted by Gasteiger charge is -2.25. The summed E-state index contributed by atoms with van der Waals surface area (Å²) in [6, 6.07) is 4.20. The molecule has 0 aliphatic heterocycles. The molecule has 1 aliphatic rings. The van der Waals surface area contributed by atoms with E-state index in [9.17, 15) is 14.0 Å². The van der Waals surface area contributed by atoms with Gasteiger partial charge in [-0.1, -0.05) is 19.8 Å². The van der Waals surface area contributed by atoms with Gasteiger partial charge in [0.2, 0.25) is 5.91 Å². The molecule has 6 heteroatoms. The van der Waals surface area contributed by atoms with Gasteiger partial charge in [0, 0.05) is 26.1 Å². The summed E-state index contributed by atoms with van der Waals surface area (Å²) in [6.45, 7) is 1.99. The van der Waals surface area contributed by atoms with Crippen LogP contribution >= 0.6 is 0 Å². The van der Waals surface area contributed by atoms with Crippen LogP contribution in [-0.2, 0) is 9.59 Å². The third-order valence-corrected chi connectivity index (χ3v) is 4.37. The molecule has 0 spiro atoms. The first-order chi connectivity index (χ1) is 11.4. The molecule has 1 fully saturated rings. The molecule has 0 unspecified atom stereocenters. The number of anilines is 1. The first kappa shape index (κ1) is 18.2. The first-order valence-electron chi connectivity index (χ1n) is 8.30. The fraction of sp³-hybridized carbons (Fsp3) is 0.556. The normalized spacial score (nSPS) is 20.3.